The van der Waals surface area contributed by atoms with Gasteiger partial charge in [0.2, 0.25) is 0 Å². The lowest BCUT2D eigenvalue weighted by molar-refractivity contribution is 0.102. The molecule has 0 radical (unpaired) electrons. The number of aromatic nitrogens is 2. The first kappa shape index (κ1) is 17.3. The molecule has 0 saturated carbocycles. The second kappa shape index (κ2) is 7.17. The largest absolute Gasteiger partial charge is 0.396 e. The molecule has 1 aromatic heterocycles. The first-order valence-electron chi connectivity index (χ1n) is 7.69. The van der Waals surface area contributed by atoms with E-state index in [1.807, 2.05) is 37.3 Å². The van der Waals surface area contributed by atoms with Gasteiger partial charge in [-0.15, -0.1) is 0 Å². The fourth-order valence-electron chi connectivity index (χ4n) is 2.55. The number of benzene rings is 2. The van der Waals surface area contributed by atoms with Crippen molar-refractivity contribution in [1.29, 1.82) is 0 Å². The number of amides is 1. The second-order valence-corrected chi connectivity index (χ2v) is 6.23. The molecule has 0 spiro atoms. The zero-order chi connectivity index (χ0) is 18.0. The Balaban J connectivity index is 1.92. The van der Waals surface area contributed by atoms with Crippen LogP contribution in [-0.4, -0.2) is 15.7 Å². The molecule has 3 rings (SSSR count). The summed E-state index contributed by atoms with van der Waals surface area (Å²) in [6, 6.07) is 12.8. The number of nitrogen functional groups attached to an aromatic ring is 1. The third-order valence-corrected chi connectivity index (χ3v) is 4.41. The number of nitrogens with one attached hydrogen (secondary N) is 1. The molecule has 0 aliphatic rings. The highest BCUT2D eigenvalue weighted by Gasteiger charge is 2.18. The van der Waals surface area contributed by atoms with E-state index in [9.17, 15) is 4.79 Å². The molecule has 0 bridgehead atoms. The molecule has 25 heavy (non-hydrogen) atoms. The van der Waals surface area contributed by atoms with Gasteiger partial charge in [-0.1, -0.05) is 48.3 Å². The van der Waals surface area contributed by atoms with Crippen LogP contribution in [0.5, 0.6) is 0 Å². The molecule has 2 aromatic carbocycles. The topological polar surface area (TPSA) is 72.9 Å². The number of rotatable bonds is 4. The van der Waals surface area contributed by atoms with Crippen molar-refractivity contribution in [2.75, 3.05) is 11.1 Å². The molecule has 1 heterocycles. The Bertz CT molecular complexity index is 899. The van der Waals surface area contributed by atoms with Crippen LogP contribution in [0.3, 0.4) is 0 Å². The van der Waals surface area contributed by atoms with E-state index < -0.39 is 0 Å². The lowest BCUT2D eigenvalue weighted by Crippen LogP contribution is -2.14. The smallest absolute Gasteiger partial charge is 0.259 e. The van der Waals surface area contributed by atoms with Gasteiger partial charge in [0.15, 0.2) is 0 Å². The quantitative estimate of drug-likeness (QED) is 0.656. The van der Waals surface area contributed by atoms with Crippen LogP contribution in [0.25, 0.3) is 5.69 Å². The third-order valence-electron chi connectivity index (χ3n) is 3.79. The van der Waals surface area contributed by atoms with E-state index >= 15 is 0 Å². The van der Waals surface area contributed by atoms with Crippen molar-refractivity contribution in [2.24, 2.45) is 0 Å². The van der Waals surface area contributed by atoms with Gasteiger partial charge in [0, 0.05) is 5.69 Å². The fraction of sp³-hybridized carbons (Fsp3) is 0.111. The average molecular weight is 375 g/mol. The summed E-state index contributed by atoms with van der Waals surface area (Å²) in [5, 5.41) is 7.72. The monoisotopic (exact) mass is 374 g/mol. The Morgan fingerprint density at radius 2 is 1.84 bits per heavy atom. The molecule has 0 atom stereocenters. The standard InChI is InChI=1S/C18H16Cl2N4O/c1-2-16-13(10-22-24(16)12-6-4-3-5-7-12)18(25)23-11-8-14(19)17(21)15(20)9-11/h3-10H,2,21H2,1H3,(H,23,25). The normalized spacial score (nSPS) is 10.7. The van der Waals surface area contributed by atoms with Crippen LogP contribution in [0.15, 0.2) is 48.7 Å². The molecule has 3 N–H and O–H groups in total. The summed E-state index contributed by atoms with van der Waals surface area (Å²) < 4.78 is 1.76. The van der Waals surface area contributed by atoms with Gasteiger partial charge in [-0.3, -0.25) is 4.79 Å². The van der Waals surface area contributed by atoms with Crippen LogP contribution < -0.4 is 11.1 Å². The molecule has 7 heteroatoms. The minimum absolute atomic E-state index is 0.282. The van der Waals surface area contributed by atoms with Crippen molar-refractivity contribution in [3.05, 3.63) is 70.0 Å². The number of anilines is 2. The van der Waals surface area contributed by atoms with Crippen molar-refractivity contribution in [3.63, 3.8) is 0 Å². The third kappa shape index (κ3) is 3.48. The minimum atomic E-state index is -0.282. The summed E-state index contributed by atoms with van der Waals surface area (Å²) >= 11 is 12.0. The molecule has 0 saturated heterocycles. The van der Waals surface area contributed by atoms with E-state index in [0.29, 0.717) is 27.7 Å². The van der Waals surface area contributed by atoms with Crippen LogP contribution in [0.1, 0.15) is 23.0 Å². The summed E-state index contributed by atoms with van der Waals surface area (Å²) in [6.07, 6.45) is 2.21. The number of para-hydroxylation sites is 1. The molecule has 0 fully saturated rings. The van der Waals surface area contributed by atoms with Gasteiger partial charge < -0.3 is 11.1 Å². The number of nitrogens with two attached hydrogens (primary N) is 1. The van der Waals surface area contributed by atoms with Crippen LogP contribution in [0.2, 0.25) is 10.0 Å². The molecular weight excluding hydrogens is 359 g/mol. The predicted octanol–water partition coefficient (Wildman–Crippen LogP) is 4.58. The lowest BCUT2D eigenvalue weighted by Gasteiger charge is -2.10. The zero-order valence-corrected chi connectivity index (χ0v) is 15.0. The average Bonchev–Trinajstić information content (AvgIpc) is 3.04. The van der Waals surface area contributed by atoms with Gasteiger partial charge in [-0.25, -0.2) is 4.68 Å². The highest BCUT2D eigenvalue weighted by Crippen LogP contribution is 2.31. The van der Waals surface area contributed by atoms with Gasteiger partial charge in [0.05, 0.1) is 38.9 Å². The number of nitrogens with zero attached hydrogens (tertiary/aromatic N) is 2. The Hall–Kier alpha value is -2.50. The van der Waals surface area contributed by atoms with Crippen LogP contribution in [0.4, 0.5) is 11.4 Å². The fourth-order valence-corrected chi connectivity index (χ4v) is 3.04. The van der Waals surface area contributed by atoms with Gasteiger partial charge in [0.1, 0.15) is 0 Å². The molecule has 128 valence electrons. The van der Waals surface area contributed by atoms with Gasteiger partial charge >= 0.3 is 0 Å². The summed E-state index contributed by atoms with van der Waals surface area (Å²) in [6.45, 7) is 1.98. The van der Waals surface area contributed by atoms with E-state index in [1.54, 1.807) is 23.0 Å². The van der Waals surface area contributed by atoms with E-state index in [1.165, 1.54) is 0 Å². The summed E-state index contributed by atoms with van der Waals surface area (Å²) in [5.41, 5.74) is 8.69. The van der Waals surface area contributed by atoms with Crippen LogP contribution >= 0.6 is 23.2 Å². The molecule has 1 amide bonds. The van der Waals surface area contributed by atoms with Crippen molar-refractivity contribution < 1.29 is 4.79 Å². The number of hydrogen-bond acceptors (Lipinski definition) is 3. The number of carbonyl (C=O) groups is 1. The van der Waals surface area contributed by atoms with Crippen molar-refractivity contribution in [3.8, 4) is 5.69 Å². The number of hydrogen-bond donors (Lipinski definition) is 2. The van der Waals surface area contributed by atoms with Crippen LogP contribution in [0, 0.1) is 0 Å². The van der Waals surface area contributed by atoms with E-state index in [0.717, 1.165) is 11.4 Å². The summed E-state index contributed by atoms with van der Waals surface area (Å²) in [7, 11) is 0. The Morgan fingerprint density at radius 1 is 1.20 bits per heavy atom. The Labute approximate surface area is 155 Å². The maximum absolute atomic E-state index is 12.7. The highest BCUT2D eigenvalue weighted by atomic mass is 35.5. The molecule has 0 unspecified atom stereocenters. The van der Waals surface area contributed by atoms with Crippen LogP contribution in [-0.2, 0) is 6.42 Å². The van der Waals surface area contributed by atoms with Gasteiger partial charge in [-0.2, -0.15) is 5.10 Å². The van der Waals surface area contributed by atoms with E-state index in [2.05, 4.69) is 10.4 Å². The molecule has 3 aromatic rings. The molecule has 0 aliphatic heterocycles. The molecule has 5 nitrogen and oxygen atoms in total. The number of halogens is 2. The minimum Gasteiger partial charge on any atom is -0.396 e. The SMILES string of the molecule is CCc1c(C(=O)Nc2cc(Cl)c(N)c(Cl)c2)cnn1-c1ccccc1. The predicted molar refractivity (Wildman–Crippen MR) is 102 cm³/mol. The molecule has 0 aliphatic carbocycles. The zero-order valence-electron chi connectivity index (χ0n) is 13.5. The van der Waals surface area contributed by atoms with Crippen molar-refractivity contribution >= 4 is 40.5 Å². The van der Waals surface area contributed by atoms with Crippen molar-refractivity contribution in [1.82, 2.24) is 9.78 Å². The maximum Gasteiger partial charge on any atom is 0.259 e. The first-order chi connectivity index (χ1) is 12.0. The number of carbonyl (C=O) groups excluding carboxylic acids is 1. The van der Waals surface area contributed by atoms with Crippen molar-refractivity contribution in [2.45, 2.75) is 13.3 Å². The van der Waals surface area contributed by atoms with E-state index in [-0.39, 0.29) is 11.6 Å². The maximum atomic E-state index is 12.7. The first-order valence-corrected chi connectivity index (χ1v) is 8.45. The Morgan fingerprint density at radius 3 is 2.44 bits per heavy atom. The summed E-state index contributed by atoms with van der Waals surface area (Å²) in [5.74, 6) is -0.282. The summed E-state index contributed by atoms with van der Waals surface area (Å²) in [4.78, 5) is 12.7. The second-order valence-electron chi connectivity index (χ2n) is 5.41. The Kier molecular flexibility index (Phi) is 4.97. The molecular formula is C18H16Cl2N4O. The highest BCUT2D eigenvalue weighted by molar-refractivity contribution is 6.39. The van der Waals surface area contributed by atoms with Gasteiger partial charge in [0.25, 0.3) is 5.91 Å². The van der Waals surface area contributed by atoms with E-state index in [4.69, 9.17) is 28.9 Å². The lowest BCUT2D eigenvalue weighted by atomic mass is 10.1. The van der Waals surface area contributed by atoms with Gasteiger partial charge in [-0.05, 0) is 30.7 Å².